The Morgan fingerprint density at radius 2 is 1.86 bits per heavy atom. The molecule has 1 aliphatic heterocycles. The first kappa shape index (κ1) is 30.6. The summed E-state index contributed by atoms with van der Waals surface area (Å²) in [5.74, 6) is -1.36. The van der Waals surface area contributed by atoms with E-state index < -0.39 is 57.8 Å². The quantitative estimate of drug-likeness (QED) is 0.340. The lowest BCUT2D eigenvalue weighted by Gasteiger charge is -2.36. The van der Waals surface area contributed by atoms with Crippen LogP contribution in [-0.4, -0.2) is 45.6 Å². The van der Waals surface area contributed by atoms with Crippen LogP contribution in [0.25, 0.3) is 0 Å². The van der Waals surface area contributed by atoms with Gasteiger partial charge < -0.3 is 15.4 Å². The fourth-order valence-electron chi connectivity index (χ4n) is 4.91. The van der Waals surface area contributed by atoms with Crippen LogP contribution in [0.2, 0.25) is 5.02 Å². The van der Waals surface area contributed by atoms with Crippen LogP contribution < -0.4 is 19.7 Å². The number of amides is 2. The highest BCUT2D eigenvalue weighted by Gasteiger charge is 2.62. The maximum absolute atomic E-state index is 14.4. The first-order valence-corrected chi connectivity index (χ1v) is 14.9. The molecule has 5 rings (SSSR count). The number of ether oxygens (including phenoxy) is 1. The minimum Gasteiger partial charge on any atom is -0.480 e. The number of aryl methyl sites for hydroxylation is 1. The van der Waals surface area contributed by atoms with Crippen LogP contribution in [0.15, 0.2) is 65.6 Å². The van der Waals surface area contributed by atoms with E-state index in [4.69, 9.17) is 16.3 Å². The molecule has 0 aromatic heterocycles. The maximum atomic E-state index is 14.4. The summed E-state index contributed by atoms with van der Waals surface area (Å²) in [4.78, 5) is 25.7. The second-order valence-corrected chi connectivity index (χ2v) is 12.8. The number of sulfonamides is 1. The van der Waals surface area contributed by atoms with Crippen molar-refractivity contribution in [2.45, 2.75) is 48.7 Å². The summed E-state index contributed by atoms with van der Waals surface area (Å²) < 4.78 is 89.1. The predicted molar refractivity (Wildman–Crippen MR) is 150 cm³/mol. The Morgan fingerprint density at radius 3 is 2.49 bits per heavy atom. The second-order valence-electron chi connectivity index (χ2n) is 10.5. The maximum Gasteiger partial charge on any atom is 0.416 e. The lowest BCUT2D eigenvalue weighted by molar-refractivity contribution is -0.137. The number of nitrogens with one attached hydrogen (secondary N) is 2. The number of carbonyl (C=O) groups excluding carboxylic acids is 2. The number of hydrogen-bond donors (Lipinski definition) is 2. The highest BCUT2D eigenvalue weighted by molar-refractivity contribution is 7.92. The average Bonchev–Trinajstić information content (AvgIpc) is 3.57. The van der Waals surface area contributed by atoms with Crippen molar-refractivity contribution in [1.29, 1.82) is 0 Å². The monoisotopic (exact) mass is 639 g/mol. The number of carbonyl (C=O) groups is 2. The van der Waals surface area contributed by atoms with Gasteiger partial charge >= 0.3 is 6.18 Å². The van der Waals surface area contributed by atoms with Gasteiger partial charge in [0.15, 0.2) is 5.60 Å². The molecule has 2 N–H and O–H groups in total. The summed E-state index contributed by atoms with van der Waals surface area (Å²) in [6.07, 6.45) is -6.54. The molecule has 8 nitrogen and oxygen atoms in total. The number of alkyl halides is 4. The molecule has 228 valence electrons. The molecule has 1 saturated carbocycles. The van der Waals surface area contributed by atoms with E-state index in [0.29, 0.717) is 5.56 Å². The van der Waals surface area contributed by atoms with Crippen LogP contribution in [0.4, 0.5) is 23.2 Å². The lowest BCUT2D eigenvalue weighted by atomic mass is 9.99. The van der Waals surface area contributed by atoms with Gasteiger partial charge in [-0.1, -0.05) is 23.7 Å². The molecular weight excluding hydrogens is 614 g/mol. The van der Waals surface area contributed by atoms with E-state index in [1.54, 1.807) is 19.1 Å². The van der Waals surface area contributed by atoms with Crippen molar-refractivity contribution in [3.63, 3.8) is 0 Å². The van der Waals surface area contributed by atoms with Crippen molar-refractivity contribution in [1.82, 2.24) is 10.6 Å². The van der Waals surface area contributed by atoms with Gasteiger partial charge in [0.2, 0.25) is 5.91 Å². The molecule has 3 atom stereocenters. The van der Waals surface area contributed by atoms with Gasteiger partial charge in [-0.25, -0.2) is 12.8 Å². The molecule has 0 saturated heterocycles. The van der Waals surface area contributed by atoms with Crippen molar-refractivity contribution in [3.8, 4) is 5.75 Å². The van der Waals surface area contributed by atoms with E-state index in [9.17, 15) is 35.6 Å². The first-order chi connectivity index (χ1) is 20.1. The molecular formula is C29H26ClF4N3O5S. The highest BCUT2D eigenvalue weighted by atomic mass is 35.5. The molecule has 2 amide bonds. The molecule has 2 unspecified atom stereocenters. The van der Waals surface area contributed by atoms with Crippen LogP contribution in [-0.2, 0) is 21.0 Å². The van der Waals surface area contributed by atoms with Gasteiger partial charge in [0.05, 0.1) is 35.2 Å². The van der Waals surface area contributed by atoms with Crippen LogP contribution in [0.3, 0.4) is 0 Å². The third-order valence-electron chi connectivity index (χ3n) is 7.40. The molecule has 3 aromatic carbocycles. The van der Waals surface area contributed by atoms with Gasteiger partial charge in [-0.3, -0.25) is 13.9 Å². The largest absolute Gasteiger partial charge is 0.480 e. The van der Waals surface area contributed by atoms with Crippen molar-refractivity contribution in [2.75, 3.05) is 17.9 Å². The van der Waals surface area contributed by atoms with E-state index in [-0.39, 0.29) is 45.4 Å². The van der Waals surface area contributed by atoms with Crippen molar-refractivity contribution in [2.24, 2.45) is 0 Å². The number of nitrogens with zero attached hydrogens (tertiary/aromatic N) is 1. The smallest absolute Gasteiger partial charge is 0.416 e. The van der Waals surface area contributed by atoms with Gasteiger partial charge in [-0.2, -0.15) is 13.2 Å². The van der Waals surface area contributed by atoms with E-state index in [0.717, 1.165) is 22.5 Å². The van der Waals surface area contributed by atoms with Crippen molar-refractivity contribution < 1.29 is 40.3 Å². The van der Waals surface area contributed by atoms with E-state index in [1.807, 2.05) is 0 Å². The molecule has 1 aliphatic carbocycles. The third-order valence-corrected chi connectivity index (χ3v) is 9.50. The third kappa shape index (κ3) is 6.00. The number of anilines is 1. The second kappa shape index (κ2) is 11.0. The Labute approximate surface area is 250 Å². The number of benzene rings is 3. The Kier molecular flexibility index (Phi) is 7.84. The fraction of sp³-hybridized carbons (Fsp3) is 0.310. The number of rotatable bonds is 7. The zero-order valence-corrected chi connectivity index (χ0v) is 24.4. The zero-order valence-electron chi connectivity index (χ0n) is 22.8. The number of fused-ring (bicyclic) bond motifs is 1. The molecule has 2 aliphatic rings. The number of hydrogen-bond acceptors (Lipinski definition) is 5. The molecule has 1 fully saturated rings. The molecule has 0 radical (unpaired) electrons. The van der Waals surface area contributed by atoms with Crippen LogP contribution in [0.1, 0.15) is 45.9 Å². The highest BCUT2D eigenvalue weighted by Crippen LogP contribution is 2.51. The minimum absolute atomic E-state index is 0.00651. The lowest BCUT2D eigenvalue weighted by Crippen LogP contribution is -2.46. The Hall–Kier alpha value is -3.84. The molecule has 1 heterocycles. The van der Waals surface area contributed by atoms with Gasteiger partial charge in [0.1, 0.15) is 11.9 Å². The molecule has 3 aromatic rings. The van der Waals surface area contributed by atoms with Crippen molar-refractivity contribution >= 4 is 39.1 Å². The zero-order chi connectivity index (χ0) is 31.3. The topological polar surface area (TPSA) is 105 Å². The number of halogens is 5. The Bertz CT molecular complexity index is 1720. The summed E-state index contributed by atoms with van der Waals surface area (Å²) >= 11 is 6.20. The molecule has 0 bridgehead atoms. The van der Waals surface area contributed by atoms with Crippen LogP contribution in [0, 0.1) is 6.92 Å². The Balaban J connectivity index is 1.52. The summed E-state index contributed by atoms with van der Waals surface area (Å²) in [5, 5.41) is 4.81. The first-order valence-electron chi connectivity index (χ1n) is 13.1. The van der Waals surface area contributed by atoms with E-state index >= 15 is 0 Å². The average molecular weight is 640 g/mol. The Morgan fingerprint density at radius 1 is 1.14 bits per heavy atom. The van der Waals surface area contributed by atoms with Crippen LogP contribution >= 0.6 is 11.6 Å². The van der Waals surface area contributed by atoms with Gasteiger partial charge in [0.25, 0.3) is 15.9 Å². The molecule has 14 heteroatoms. The summed E-state index contributed by atoms with van der Waals surface area (Å²) in [7, 11) is -2.90. The molecule has 1 spiro atoms. The summed E-state index contributed by atoms with van der Waals surface area (Å²) in [5.41, 5.74) is -1.93. The van der Waals surface area contributed by atoms with Crippen molar-refractivity contribution in [3.05, 3.63) is 87.9 Å². The van der Waals surface area contributed by atoms with Gasteiger partial charge in [-0.15, -0.1) is 0 Å². The van der Waals surface area contributed by atoms with Gasteiger partial charge in [0, 0.05) is 24.1 Å². The summed E-state index contributed by atoms with van der Waals surface area (Å²) in [6.45, 7) is 1.39. The molecule has 43 heavy (non-hydrogen) atoms. The van der Waals surface area contributed by atoms with Gasteiger partial charge in [-0.05, 0) is 66.6 Å². The van der Waals surface area contributed by atoms with Crippen LogP contribution in [0.5, 0.6) is 5.75 Å². The standard InChI is InChI=1S/C29H26ClF4N3O5S/c1-16-4-3-5-19(10-16)43(40,41)37-15-28(14-25(28)31)42-24-9-6-17(11-23(24)37)27(39)36-22(13-26(38)35-2)20-12-18(29(32,33)34)7-8-21(20)30/h3-12,22,25H,13-15H2,1-2H3,(H,35,38)(H,36,39)/t22-,25?,28?/m0/s1. The SMILES string of the molecule is CNC(=O)C[C@H](NC(=O)c1ccc2c(c1)N(S(=O)(=O)c1cccc(C)c1)CC1(CC1F)O2)c1cc(C(F)(F)F)ccc1Cl. The normalized spacial score (nSPS) is 20.2. The van der Waals surface area contributed by atoms with E-state index in [1.165, 1.54) is 37.4 Å². The summed E-state index contributed by atoms with van der Waals surface area (Å²) in [6, 6.07) is 11.3. The fourth-order valence-corrected chi connectivity index (χ4v) is 6.78. The van der Waals surface area contributed by atoms with E-state index in [2.05, 4.69) is 10.6 Å². The predicted octanol–water partition coefficient (Wildman–Crippen LogP) is 5.34. The minimum atomic E-state index is -4.71.